The lowest BCUT2D eigenvalue weighted by atomic mass is 10.1. The Balaban J connectivity index is 2.10. The van der Waals surface area contributed by atoms with E-state index in [0.717, 1.165) is 12.1 Å². The van der Waals surface area contributed by atoms with Crippen LogP contribution in [0.3, 0.4) is 0 Å². The number of rotatable bonds is 1. The highest BCUT2D eigenvalue weighted by molar-refractivity contribution is 6.33. The number of hydrogen-bond acceptors (Lipinski definition) is 1. The maximum atomic E-state index is 12.5. The fraction of sp³-hybridized carbons (Fsp3) is 0.0714. The third-order valence-corrected chi connectivity index (χ3v) is 3.29. The molecule has 0 saturated carbocycles. The number of pyridine rings is 1. The van der Waals surface area contributed by atoms with E-state index in [2.05, 4.69) is 4.98 Å². The molecule has 0 atom stereocenters. The van der Waals surface area contributed by atoms with Gasteiger partial charge in [-0.05, 0) is 24.3 Å². The summed E-state index contributed by atoms with van der Waals surface area (Å²) in [6, 6.07) is 8.42. The maximum absolute atomic E-state index is 12.5. The second-order valence-corrected chi connectivity index (χ2v) is 4.68. The van der Waals surface area contributed by atoms with Crippen LogP contribution in [0.15, 0.2) is 48.8 Å². The number of fused-ring (bicyclic) bond motifs is 1. The molecule has 1 aromatic carbocycles. The summed E-state index contributed by atoms with van der Waals surface area (Å²) >= 11 is 6.01. The second kappa shape index (κ2) is 4.52. The van der Waals surface area contributed by atoms with E-state index >= 15 is 0 Å². The Bertz CT molecular complexity index is 760. The minimum atomic E-state index is -4.33. The molecule has 3 rings (SSSR count). The summed E-state index contributed by atoms with van der Waals surface area (Å²) in [5, 5.41) is 0.491. The van der Waals surface area contributed by atoms with E-state index in [1.807, 2.05) is 0 Å². The molecule has 2 aromatic heterocycles. The van der Waals surface area contributed by atoms with E-state index in [0.29, 0.717) is 21.9 Å². The highest BCUT2D eigenvalue weighted by atomic mass is 35.5. The number of aromatic nitrogens is 2. The Kier molecular flexibility index (Phi) is 2.94. The zero-order chi connectivity index (χ0) is 14.3. The van der Waals surface area contributed by atoms with Crippen LogP contribution in [0, 0.1) is 0 Å². The first-order chi connectivity index (χ1) is 9.47. The minimum absolute atomic E-state index is 0.491. The third kappa shape index (κ3) is 2.14. The Morgan fingerprint density at radius 1 is 1.05 bits per heavy atom. The summed E-state index contributed by atoms with van der Waals surface area (Å²) < 4.78 is 39.3. The minimum Gasteiger partial charge on any atom is -0.298 e. The fourth-order valence-electron chi connectivity index (χ4n) is 2.02. The molecule has 0 saturated heterocycles. The number of alkyl halides is 3. The molecular formula is C14H8ClF3N2. The Morgan fingerprint density at radius 3 is 2.40 bits per heavy atom. The molecule has 6 heteroatoms. The van der Waals surface area contributed by atoms with Crippen LogP contribution < -0.4 is 0 Å². The van der Waals surface area contributed by atoms with E-state index in [1.54, 1.807) is 28.9 Å². The number of halogens is 4. The Morgan fingerprint density at radius 2 is 1.75 bits per heavy atom. The summed E-state index contributed by atoms with van der Waals surface area (Å²) in [5.41, 5.74) is 1.24. The van der Waals surface area contributed by atoms with Crippen molar-refractivity contribution in [3.63, 3.8) is 0 Å². The van der Waals surface area contributed by atoms with E-state index in [1.165, 1.54) is 12.1 Å². The summed E-state index contributed by atoms with van der Waals surface area (Å²) in [4.78, 5) is 4.17. The quantitative estimate of drug-likeness (QED) is 0.637. The molecular weight excluding hydrogens is 289 g/mol. The van der Waals surface area contributed by atoms with Crippen LogP contribution in [-0.4, -0.2) is 9.38 Å². The SMILES string of the molecule is FC(F)(F)c1ccc(-c2cnc3c(Cl)cccn23)cc1. The largest absolute Gasteiger partial charge is 0.416 e. The Labute approximate surface area is 117 Å². The van der Waals surface area contributed by atoms with Crippen molar-refractivity contribution in [1.82, 2.24) is 9.38 Å². The molecule has 0 amide bonds. The molecule has 102 valence electrons. The van der Waals surface area contributed by atoms with Crippen molar-refractivity contribution in [1.29, 1.82) is 0 Å². The first-order valence-electron chi connectivity index (χ1n) is 5.76. The smallest absolute Gasteiger partial charge is 0.298 e. The molecule has 2 nitrogen and oxygen atoms in total. The molecule has 3 aromatic rings. The van der Waals surface area contributed by atoms with Gasteiger partial charge < -0.3 is 0 Å². The van der Waals surface area contributed by atoms with Crippen LogP contribution in [0.4, 0.5) is 13.2 Å². The first kappa shape index (κ1) is 13.0. The number of imidazole rings is 1. The molecule has 0 N–H and O–H groups in total. The monoisotopic (exact) mass is 296 g/mol. The van der Waals surface area contributed by atoms with Crippen molar-refractivity contribution in [2.45, 2.75) is 6.18 Å². The number of nitrogens with zero attached hydrogens (tertiary/aromatic N) is 2. The summed E-state index contributed by atoms with van der Waals surface area (Å²) in [5.74, 6) is 0. The molecule has 2 heterocycles. The van der Waals surface area contributed by atoms with Gasteiger partial charge in [0.25, 0.3) is 0 Å². The van der Waals surface area contributed by atoms with E-state index in [4.69, 9.17) is 11.6 Å². The van der Waals surface area contributed by atoms with Gasteiger partial charge in [-0.15, -0.1) is 0 Å². The molecule has 0 aliphatic rings. The molecule has 0 fully saturated rings. The van der Waals surface area contributed by atoms with Gasteiger partial charge in [-0.3, -0.25) is 4.40 Å². The summed E-state index contributed by atoms with van der Waals surface area (Å²) in [7, 11) is 0. The van der Waals surface area contributed by atoms with Gasteiger partial charge in [0.15, 0.2) is 5.65 Å². The molecule has 0 unspecified atom stereocenters. The molecule has 0 aliphatic carbocycles. The standard InChI is InChI=1S/C14H8ClF3N2/c15-11-2-1-7-20-12(8-19-13(11)20)9-3-5-10(6-4-9)14(16,17)18/h1-8H. The zero-order valence-corrected chi connectivity index (χ0v) is 10.8. The summed E-state index contributed by atoms with van der Waals surface area (Å²) in [6.45, 7) is 0. The van der Waals surface area contributed by atoms with E-state index < -0.39 is 11.7 Å². The summed E-state index contributed by atoms with van der Waals surface area (Å²) in [6.07, 6.45) is -0.980. The van der Waals surface area contributed by atoms with Crippen LogP contribution >= 0.6 is 11.6 Å². The normalized spacial score (nSPS) is 12.0. The third-order valence-electron chi connectivity index (χ3n) is 3.00. The van der Waals surface area contributed by atoms with Crippen molar-refractivity contribution in [2.24, 2.45) is 0 Å². The lowest BCUT2D eigenvalue weighted by molar-refractivity contribution is -0.137. The van der Waals surface area contributed by atoms with Gasteiger partial charge >= 0.3 is 6.18 Å². The lowest BCUT2D eigenvalue weighted by Gasteiger charge is -2.07. The predicted molar refractivity (Wildman–Crippen MR) is 70.6 cm³/mol. The van der Waals surface area contributed by atoms with Gasteiger partial charge in [0, 0.05) is 11.8 Å². The van der Waals surface area contributed by atoms with Crippen LogP contribution in [0.2, 0.25) is 5.02 Å². The van der Waals surface area contributed by atoms with Crippen molar-refractivity contribution in [2.75, 3.05) is 0 Å². The van der Waals surface area contributed by atoms with Gasteiger partial charge in [-0.1, -0.05) is 23.7 Å². The van der Waals surface area contributed by atoms with Gasteiger partial charge in [0.2, 0.25) is 0 Å². The second-order valence-electron chi connectivity index (χ2n) is 4.27. The van der Waals surface area contributed by atoms with Crippen molar-refractivity contribution in [3.8, 4) is 11.3 Å². The molecule has 20 heavy (non-hydrogen) atoms. The zero-order valence-electron chi connectivity index (χ0n) is 10.0. The molecule has 0 aliphatic heterocycles. The number of benzene rings is 1. The van der Waals surface area contributed by atoms with E-state index in [-0.39, 0.29) is 0 Å². The maximum Gasteiger partial charge on any atom is 0.416 e. The van der Waals surface area contributed by atoms with Crippen LogP contribution in [0.25, 0.3) is 16.9 Å². The Hall–Kier alpha value is -2.01. The molecule has 0 spiro atoms. The average Bonchev–Trinajstić information content (AvgIpc) is 2.83. The van der Waals surface area contributed by atoms with Crippen LogP contribution in [0.1, 0.15) is 5.56 Å². The number of hydrogen-bond donors (Lipinski definition) is 0. The van der Waals surface area contributed by atoms with Gasteiger partial charge in [-0.25, -0.2) is 4.98 Å². The van der Waals surface area contributed by atoms with Crippen molar-refractivity contribution in [3.05, 3.63) is 59.4 Å². The molecule has 0 bridgehead atoms. The van der Waals surface area contributed by atoms with Crippen LogP contribution in [0.5, 0.6) is 0 Å². The van der Waals surface area contributed by atoms with Crippen LogP contribution in [-0.2, 0) is 6.18 Å². The lowest BCUT2D eigenvalue weighted by Crippen LogP contribution is -2.04. The molecule has 0 radical (unpaired) electrons. The van der Waals surface area contributed by atoms with Crippen molar-refractivity contribution < 1.29 is 13.2 Å². The van der Waals surface area contributed by atoms with Gasteiger partial charge in [-0.2, -0.15) is 13.2 Å². The van der Waals surface area contributed by atoms with Gasteiger partial charge in [0.1, 0.15) is 0 Å². The predicted octanol–water partition coefficient (Wildman–Crippen LogP) is 4.67. The van der Waals surface area contributed by atoms with Gasteiger partial charge in [0.05, 0.1) is 22.5 Å². The first-order valence-corrected chi connectivity index (χ1v) is 6.14. The highest BCUT2D eigenvalue weighted by Gasteiger charge is 2.30. The average molecular weight is 297 g/mol. The fourth-order valence-corrected chi connectivity index (χ4v) is 2.23. The van der Waals surface area contributed by atoms with Crippen molar-refractivity contribution >= 4 is 17.2 Å². The highest BCUT2D eigenvalue weighted by Crippen LogP contribution is 2.31. The topological polar surface area (TPSA) is 17.3 Å². The van der Waals surface area contributed by atoms with E-state index in [9.17, 15) is 13.2 Å².